The average molecular weight is 432 g/mol. The largest absolute Gasteiger partial charge is 0.416 e. The fourth-order valence-electron chi connectivity index (χ4n) is 3.94. The zero-order valence-corrected chi connectivity index (χ0v) is 17.5. The van der Waals surface area contributed by atoms with Crippen LogP contribution in [-0.4, -0.2) is 14.3 Å². The van der Waals surface area contributed by atoms with Gasteiger partial charge in [0.2, 0.25) is 0 Å². The molecule has 1 fully saturated rings. The number of pyridine rings is 1. The molecule has 6 nitrogen and oxygen atoms in total. The van der Waals surface area contributed by atoms with Gasteiger partial charge in [0.1, 0.15) is 0 Å². The minimum absolute atomic E-state index is 0.112. The molecule has 4 rings (SSSR count). The van der Waals surface area contributed by atoms with Gasteiger partial charge in [-0.15, -0.1) is 0 Å². The standard InChI is InChI=1S/C22H23F3N4O2/c1-4-29-21(31)16-10-19(30)28(14-8-9-14)11-17(16)20(27-29)26-13(3)15-6-5-7-18(12(15)2)22(23,24)25/h5-7,10-11,13-14H,4,8-9H2,1-3H3,(H,26,27)/t13-/m1/s1. The van der Waals surface area contributed by atoms with Crippen molar-refractivity contribution in [2.45, 2.75) is 58.4 Å². The molecule has 1 N–H and O–H groups in total. The van der Waals surface area contributed by atoms with E-state index < -0.39 is 17.8 Å². The highest BCUT2D eigenvalue weighted by Gasteiger charge is 2.33. The lowest BCUT2D eigenvalue weighted by molar-refractivity contribution is -0.138. The molecule has 2 aromatic heterocycles. The minimum Gasteiger partial charge on any atom is -0.362 e. The number of alkyl halides is 3. The Balaban J connectivity index is 1.83. The van der Waals surface area contributed by atoms with Crippen molar-refractivity contribution in [1.29, 1.82) is 0 Å². The number of benzene rings is 1. The molecule has 1 saturated carbocycles. The summed E-state index contributed by atoms with van der Waals surface area (Å²) in [5, 5.41) is 8.29. The van der Waals surface area contributed by atoms with Crippen molar-refractivity contribution >= 4 is 16.6 Å². The highest BCUT2D eigenvalue weighted by atomic mass is 19.4. The van der Waals surface area contributed by atoms with Gasteiger partial charge in [-0.25, -0.2) is 4.68 Å². The average Bonchev–Trinajstić information content (AvgIpc) is 3.54. The van der Waals surface area contributed by atoms with Crippen molar-refractivity contribution in [2.75, 3.05) is 5.32 Å². The summed E-state index contributed by atoms with van der Waals surface area (Å²) >= 11 is 0. The van der Waals surface area contributed by atoms with E-state index in [4.69, 9.17) is 0 Å². The van der Waals surface area contributed by atoms with Gasteiger partial charge in [-0.1, -0.05) is 12.1 Å². The zero-order chi connectivity index (χ0) is 22.5. The maximum Gasteiger partial charge on any atom is 0.416 e. The molecular formula is C22H23F3N4O2. The molecule has 1 aliphatic carbocycles. The number of fused-ring (bicyclic) bond motifs is 1. The third kappa shape index (κ3) is 3.84. The highest BCUT2D eigenvalue weighted by molar-refractivity contribution is 5.90. The Kier molecular flexibility index (Phi) is 5.15. The Morgan fingerprint density at radius 2 is 1.94 bits per heavy atom. The summed E-state index contributed by atoms with van der Waals surface area (Å²) in [6, 6.07) is 5.01. The van der Waals surface area contributed by atoms with Gasteiger partial charge in [-0.3, -0.25) is 9.59 Å². The van der Waals surface area contributed by atoms with Crippen molar-refractivity contribution < 1.29 is 13.2 Å². The molecule has 1 aromatic carbocycles. The van der Waals surface area contributed by atoms with Gasteiger partial charge < -0.3 is 9.88 Å². The van der Waals surface area contributed by atoms with Gasteiger partial charge in [0.05, 0.1) is 17.0 Å². The molecule has 9 heteroatoms. The fourth-order valence-corrected chi connectivity index (χ4v) is 3.94. The van der Waals surface area contributed by atoms with Gasteiger partial charge >= 0.3 is 6.18 Å². The van der Waals surface area contributed by atoms with Crippen LogP contribution in [0.3, 0.4) is 0 Å². The number of hydrogen-bond donors (Lipinski definition) is 1. The Labute approximate surface area is 176 Å². The Bertz CT molecular complexity index is 1270. The molecule has 3 aromatic rings. The monoisotopic (exact) mass is 432 g/mol. The van der Waals surface area contributed by atoms with Crippen molar-refractivity contribution in [3.8, 4) is 0 Å². The number of nitrogens with one attached hydrogen (secondary N) is 1. The molecular weight excluding hydrogens is 409 g/mol. The molecule has 0 unspecified atom stereocenters. The Hall–Kier alpha value is -3.10. The molecule has 0 saturated heterocycles. The lowest BCUT2D eigenvalue weighted by atomic mass is 9.97. The van der Waals surface area contributed by atoms with Crippen LogP contribution < -0.4 is 16.4 Å². The second-order valence-corrected chi connectivity index (χ2v) is 7.93. The first-order chi connectivity index (χ1) is 14.6. The van der Waals surface area contributed by atoms with E-state index in [0.717, 1.165) is 18.9 Å². The van der Waals surface area contributed by atoms with E-state index in [1.807, 2.05) is 0 Å². The van der Waals surface area contributed by atoms with Crippen LogP contribution in [0.25, 0.3) is 10.8 Å². The summed E-state index contributed by atoms with van der Waals surface area (Å²) in [6.45, 7) is 5.25. The predicted octanol–water partition coefficient (Wildman–Crippen LogP) is 4.41. The first kappa shape index (κ1) is 21.1. The van der Waals surface area contributed by atoms with Crippen LogP contribution in [0.15, 0.2) is 40.1 Å². The van der Waals surface area contributed by atoms with Gasteiger partial charge in [-0.05, 0) is 50.8 Å². The molecule has 0 radical (unpaired) electrons. The molecule has 0 bridgehead atoms. The fraction of sp³-hybridized carbons (Fsp3) is 0.409. The molecule has 0 spiro atoms. The number of nitrogens with zero attached hydrogens (tertiary/aromatic N) is 3. The quantitative estimate of drug-likeness (QED) is 0.648. The van der Waals surface area contributed by atoms with E-state index in [0.29, 0.717) is 23.3 Å². The summed E-state index contributed by atoms with van der Waals surface area (Å²) in [5.41, 5.74) is -0.676. The van der Waals surface area contributed by atoms with E-state index in [9.17, 15) is 22.8 Å². The first-order valence-electron chi connectivity index (χ1n) is 10.2. The van der Waals surface area contributed by atoms with Crippen LogP contribution in [-0.2, 0) is 12.7 Å². The SMILES string of the molecule is CCn1nc(N[C@H](C)c2cccc(C(F)(F)F)c2C)c2cn(C3CC3)c(=O)cc2c1=O. The van der Waals surface area contributed by atoms with E-state index in [-0.39, 0.29) is 28.1 Å². The normalized spacial score (nSPS) is 15.3. The van der Waals surface area contributed by atoms with Crippen LogP contribution in [0, 0.1) is 6.92 Å². The lowest BCUT2D eigenvalue weighted by Gasteiger charge is -2.21. The van der Waals surface area contributed by atoms with Crippen molar-refractivity contribution in [2.24, 2.45) is 0 Å². The van der Waals surface area contributed by atoms with Crippen molar-refractivity contribution in [3.63, 3.8) is 0 Å². The van der Waals surface area contributed by atoms with Gasteiger partial charge in [0.15, 0.2) is 5.82 Å². The first-order valence-corrected chi connectivity index (χ1v) is 10.2. The third-order valence-electron chi connectivity index (χ3n) is 5.76. The summed E-state index contributed by atoms with van der Waals surface area (Å²) < 4.78 is 42.8. The number of halogens is 3. The zero-order valence-electron chi connectivity index (χ0n) is 17.5. The summed E-state index contributed by atoms with van der Waals surface area (Å²) in [4.78, 5) is 25.2. The molecule has 1 atom stereocenters. The summed E-state index contributed by atoms with van der Waals surface area (Å²) in [7, 11) is 0. The number of aryl methyl sites for hydroxylation is 1. The van der Waals surface area contributed by atoms with Gasteiger partial charge in [-0.2, -0.15) is 18.3 Å². The van der Waals surface area contributed by atoms with Gasteiger partial charge in [0.25, 0.3) is 11.1 Å². The summed E-state index contributed by atoms with van der Waals surface area (Å²) in [6.07, 6.45) is -1.01. The van der Waals surface area contributed by atoms with E-state index in [2.05, 4.69) is 10.4 Å². The number of rotatable bonds is 5. The second-order valence-electron chi connectivity index (χ2n) is 7.93. The lowest BCUT2D eigenvalue weighted by Crippen LogP contribution is -2.27. The minimum atomic E-state index is -4.44. The van der Waals surface area contributed by atoms with E-state index in [1.165, 1.54) is 23.7 Å². The number of hydrogen-bond acceptors (Lipinski definition) is 4. The molecule has 0 amide bonds. The second kappa shape index (κ2) is 7.55. The maximum absolute atomic E-state index is 13.3. The predicted molar refractivity (Wildman–Crippen MR) is 112 cm³/mol. The van der Waals surface area contributed by atoms with Crippen LogP contribution in [0.4, 0.5) is 19.0 Å². The Morgan fingerprint density at radius 3 is 2.55 bits per heavy atom. The molecule has 1 aliphatic rings. The molecule has 164 valence electrons. The molecule has 2 heterocycles. The van der Waals surface area contributed by atoms with Crippen LogP contribution >= 0.6 is 0 Å². The smallest absolute Gasteiger partial charge is 0.362 e. The van der Waals surface area contributed by atoms with Crippen molar-refractivity contribution in [1.82, 2.24) is 14.3 Å². The Morgan fingerprint density at radius 1 is 1.23 bits per heavy atom. The molecule has 31 heavy (non-hydrogen) atoms. The van der Waals surface area contributed by atoms with E-state index >= 15 is 0 Å². The van der Waals surface area contributed by atoms with Crippen LogP contribution in [0.1, 0.15) is 55.5 Å². The van der Waals surface area contributed by atoms with E-state index in [1.54, 1.807) is 30.7 Å². The highest BCUT2D eigenvalue weighted by Crippen LogP contribution is 2.36. The van der Waals surface area contributed by atoms with Crippen LogP contribution in [0.5, 0.6) is 0 Å². The topological polar surface area (TPSA) is 68.9 Å². The number of anilines is 1. The van der Waals surface area contributed by atoms with Crippen molar-refractivity contribution in [3.05, 3.63) is 67.9 Å². The van der Waals surface area contributed by atoms with Gasteiger partial charge in [0, 0.05) is 30.2 Å². The summed E-state index contributed by atoms with van der Waals surface area (Å²) in [5.74, 6) is 0.357. The number of aromatic nitrogens is 3. The third-order valence-corrected chi connectivity index (χ3v) is 5.76. The maximum atomic E-state index is 13.3. The molecule has 0 aliphatic heterocycles. The van der Waals surface area contributed by atoms with Crippen LogP contribution in [0.2, 0.25) is 0 Å².